The Balaban J connectivity index is 2.22. The van der Waals surface area contributed by atoms with E-state index in [-0.39, 0.29) is 12.1 Å². The molecule has 1 atom stereocenters. The topological polar surface area (TPSA) is 50.4 Å². The fraction of sp³-hybridized carbons (Fsp3) is 0.917. The molecule has 16 heavy (non-hydrogen) atoms. The Morgan fingerprint density at radius 2 is 2.06 bits per heavy atom. The van der Waals surface area contributed by atoms with Gasteiger partial charge in [0.2, 0.25) is 0 Å². The molecule has 0 saturated heterocycles. The van der Waals surface area contributed by atoms with E-state index < -0.39 is 0 Å². The lowest BCUT2D eigenvalue weighted by Crippen LogP contribution is -2.44. The second-order valence-electron chi connectivity index (χ2n) is 4.86. The molecule has 1 saturated carbocycles. The van der Waals surface area contributed by atoms with Gasteiger partial charge in [0, 0.05) is 12.6 Å². The van der Waals surface area contributed by atoms with Crippen molar-refractivity contribution in [3.8, 4) is 0 Å². The van der Waals surface area contributed by atoms with Crippen LogP contribution in [0.25, 0.3) is 0 Å². The second-order valence-corrected chi connectivity index (χ2v) is 4.86. The molecule has 0 spiro atoms. The number of ether oxygens (including phenoxy) is 1. The molecule has 1 rings (SSSR count). The monoisotopic (exact) mass is 228 g/mol. The van der Waals surface area contributed by atoms with Crippen molar-refractivity contribution in [3.63, 3.8) is 0 Å². The fourth-order valence-corrected chi connectivity index (χ4v) is 1.69. The highest BCUT2D eigenvalue weighted by Gasteiger charge is 2.32. The molecule has 1 aliphatic carbocycles. The molecule has 0 aromatic heterocycles. The molecule has 2 N–H and O–H groups in total. The number of amides is 1. The smallest absolute Gasteiger partial charge is 0.407 e. The Labute approximate surface area is 98.1 Å². The average molecular weight is 228 g/mol. The average Bonchev–Trinajstić information content (AvgIpc) is 2.99. The maximum Gasteiger partial charge on any atom is 0.407 e. The molecule has 0 aromatic rings. The molecule has 4 nitrogen and oxygen atoms in total. The van der Waals surface area contributed by atoms with E-state index >= 15 is 0 Å². The fourth-order valence-electron chi connectivity index (χ4n) is 1.69. The van der Waals surface area contributed by atoms with Crippen molar-refractivity contribution in [3.05, 3.63) is 0 Å². The third-order valence-corrected chi connectivity index (χ3v) is 2.69. The largest absolute Gasteiger partial charge is 0.450 e. The molecule has 0 radical (unpaired) electrons. The first-order chi connectivity index (χ1) is 7.63. The van der Waals surface area contributed by atoms with Crippen molar-refractivity contribution in [1.82, 2.24) is 10.6 Å². The van der Waals surface area contributed by atoms with E-state index in [1.54, 1.807) is 0 Å². The summed E-state index contributed by atoms with van der Waals surface area (Å²) >= 11 is 0. The SMILES string of the molecule is CCOC(=O)NC(CNCC(C)C)C1CC1. The lowest BCUT2D eigenvalue weighted by molar-refractivity contribution is 0.146. The van der Waals surface area contributed by atoms with Crippen molar-refractivity contribution in [2.24, 2.45) is 11.8 Å². The number of hydrogen-bond acceptors (Lipinski definition) is 3. The van der Waals surface area contributed by atoms with E-state index in [4.69, 9.17) is 4.74 Å². The van der Waals surface area contributed by atoms with Crippen LogP contribution in [0.2, 0.25) is 0 Å². The minimum Gasteiger partial charge on any atom is -0.450 e. The highest BCUT2D eigenvalue weighted by molar-refractivity contribution is 5.67. The van der Waals surface area contributed by atoms with E-state index in [1.807, 2.05) is 6.92 Å². The quantitative estimate of drug-likeness (QED) is 0.698. The van der Waals surface area contributed by atoms with E-state index in [0.717, 1.165) is 13.1 Å². The highest BCUT2D eigenvalue weighted by Crippen LogP contribution is 2.32. The summed E-state index contributed by atoms with van der Waals surface area (Å²) in [7, 11) is 0. The van der Waals surface area contributed by atoms with Gasteiger partial charge in [0.1, 0.15) is 0 Å². The summed E-state index contributed by atoms with van der Waals surface area (Å²) in [5, 5.41) is 6.31. The molecule has 94 valence electrons. The summed E-state index contributed by atoms with van der Waals surface area (Å²) in [4.78, 5) is 11.3. The van der Waals surface area contributed by atoms with Crippen LogP contribution in [-0.4, -0.2) is 31.8 Å². The summed E-state index contributed by atoms with van der Waals surface area (Å²) in [5.74, 6) is 1.28. The van der Waals surface area contributed by atoms with Crippen molar-refractivity contribution in [2.75, 3.05) is 19.7 Å². The Morgan fingerprint density at radius 1 is 1.38 bits per heavy atom. The summed E-state index contributed by atoms with van der Waals surface area (Å²) in [5.41, 5.74) is 0. The summed E-state index contributed by atoms with van der Waals surface area (Å²) < 4.78 is 4.90. The van der Waals surface area contributed by atoms with Crippen LogP contribution in [0.1, 0.15) is 33.6 Å². The van der Waals surface area contributed by atoms with Gasteiger partial charge in [0.05, 0.1) is 6.61 Å². The lowest BCUT2D eigenvalue weighted by atomic mass is 10.1. The number of hydrogen-bond donors (Lipinski definition) is 2. The van der Waals surface area contributed by atoms with Crippen LogP contribution in [0.5, 0.6) is 0 Å². The first-order valence-corrected chi connectivity index (χ1v) is 6.27. The van der Waals surface area contributed by atoms with Gasteiger partial charge in [-0.05, 0) is 38.1 Å². The van der Waals surface area contributed by atoms with Crippen LogP contribution >= 0.6 is 0 Å². The van der Waals surface area contributed by atoms with E-state index in [2.05, 4.69) is 24.5 Å². The molecule has 1 fully saturated rings. The minimum atomic E-state index is -0.286. The van der Waals surface area contributed by atoms with Gasteiger partial charge >= 0.3 is 6.09 Å². The zero-order chi connectivity index (χ0) is 12.0. The van der Waals surface area contributed by atoms with E-state index in [0.29, 0.717) is 18.4 Å². The first kappa shape index (κ1) is 13.3. The normalized spacial score (nSPS) is 17.2. The molecule has 1 unspecified atom stereocenters. The Morgan fingerprint density at radius 3 is 2.56 bits per heavy atom. The highest BCUT2D eigenvalue weighted by atomic mass is 16.5. The number of carbonyl (C=O) groups excluding carboxylic acids is 1. The lowest BCUT2D eigenvalue weighted by Gasteiger charge is -2.19. The first-order valence-electron chi connectivity index (χ1n) is 6.27. The molecule has 0 aliphatic heterocycles. The number of rotatable bonds is 7. The summed E-state index contributed by atoms with van der Waals surface area (Å²) in [6.07, 6.45) is 2.16. The van der Waals surface area contributed by atoms with Crippen LogP contribution in [0.3, 0.4) is 0 Å². The van der Waals surface area contributed by atoms with Crippen LogP contribution in [-0.2, 0) is 4.74 Å². The van der Waals surface area contributed by atoms with Crippen LogP contribution in [0.4, 0.5) is 4.79 Å². The van der Waals surface area contributed by atoms with Crippen molar-refractivity contribution in [2.45, 2.75) is 39.7 Å². The van der Waals surface area contributed by atoms with Gasteiger partial charge in [-0.15, -0.1) is 0 Å². The zero-order valence-electron chi connectivity index (χ0n) is 10.6. The number of nitrogens with one attached hydrogen (secondary N) is 2. The maximum atomic E-state index is 11.3. The Kier molecular flexibility index (Phi) is 5.60. The van der Waals surface area contributed by atoms with Crippen LogP contribution in [0.15, 0.2) is 0 Å². The molecule has 0 heterocycles. The summed E-state index contributed by atoms with van der Waals surface area (Å²) in [6, 6.07) is 0.234. The van der Waals surface area contributed by atoms with E-state index in [1.165, 1.54) is 12.8 Å². The Bertz CT molecular complexity index is 215. The number of carbonyl (C=O) groups is 1. The molecule has 1 amide bonds. The van der Waals surface area contributed by atoms with Crippen molar-refractivity contribution < 1.29 is 9.53 Å². The molecular weight excluding hydrogens is 204 g/mol. The molecule has 0 bridgehead atoms. The standard InChI is InChI=1S/C12H24N2O2/c1-4-16-12(15)14-11(10-5-6-10)8-13-7-9(2)3/h9-11,13H,4-8H2,1-3H3,(H,14,15). The van der Waals surface area contributed by atoms with Gasteiger partial charge in [-0.2, -0.15) is 0 Å². The Hall–Kier alpha value is -0.770. The number of alkyl carbamates (subject to hydrolysis) is 1. The van der Waals surface area contributed by atoms with Crippen molar-refractivity contribution >= 4 is 6.09 Å². The predicted molar refractivity (Wildman–Crippen MR) is 64.4 cm³/mol. The van der Waals surface area contributed by atoms with Gasteiger partial charge in [0.25, 0.3) is 0 Å². The van der Waals surface area contributed by atoms with Gasteiger partial charge in [-0.3, -0.25) is 0 Å². The maximum absolute atomic E-state index is 11.3. The molecular formula is C12H24N2O2. The molecule has 0 aromatic carbocycles. The van der Waals surface area contributed by atoms with Gasteiger partial charge in [-0.25, -0.2) is 4.79 Å². The van der Waals surface area contributed by atoms with Crippen molar-refractivity contribution in [1.29, 1.82) is 0 Å². The summed E-state index contributed by atoms with van der Waals surface area (Å²) in [6.45, 7) is 8.45. The van der Waals surface area contributed by atoms with Gasteiger partial charge in [-0.1, -0.05) is 13.8 Å². The minimum absolute atomic E-state index is 0.234. The predicted octanol–water partition coefficient (Wildman–Crippen LogP) is 1.76. The molecule has 1 aliphatic rings. The zero-order valence-corrected chi connectivity index (χ0v) is 10.6. The van der Waals surface area contributed by atoms with Crippen LogP contribution in [0, 0.1) is 11.8 Å². The van der Waals surface area contributed by atoms with Crippen LogP contribution < -0.4 is 10.6 Å². The third-order valence-electron chi connectivity index (χ3n) is 2.69. The van der Waals surface area contributed by atoms with E-state index in [9.17, 15) is 4.79 Å². The molecule has 4 heteroatoms. The van der Waals surface area contributed by atoms with Gasteiger partial charge in [0.15, 0.2) is 0 Å². The van der Waals surface area contributed by atoms with Gasteiger partial charge < -0.3 is 15.4 Å². The third kappa shape index (κ3) is 5.35. The second kappa shape index (κ2) is 6.74.